The summed E-state index contributed by atoms with van der Waals surface area (Å²) in [6.45, 7) is 0. The molecule has 0 aliphatic rings. The minimum Gasteiger partial charge on any atom is -0.451 e. The first-order valence-corrected chi connectivity index (χ1v) is 15.1. The third-order valence-electron chi connectivity index (χ3n) is 9.28. The Kier molecular flexibility index (Phi) is 4.16. The van der Waals surface area contributed by atoms with Crippen LogP contribution in [0.1, 0.15) is 0 Å². The molecule has 44 heavy (non-hydrogen) atoms. The second-order valence-corrected chi connectivity index (χ2v) is 12.3. The number of benzene rings is 9. The molecule has 0 unspecified atom stereocenters. The van der Waals surface area contributed by atoms with Gasteiger partial charge < -0.3 is 8.83 Å². The molecule has 2 heterocycles. The van der Waals surface area contributed by atoms with Crippen LogP contribution in [0.3, 0.4) is 0 Å². The van der Waals surface area contributed by atoms with E-state index in [0.29, 0.717) is 43.4 Å². The van der Waals surface area contributed by atoms with Crippen molar-refractivity contribution in [3.63, 3.8) is 0 Å². The molecule has 0 aliphatic carbocycles. The topological polar surface area (TPSA) is 52.1 Å². The number of rotatable bonds is 0. The molecule has 0 amide bonds. The predicted octanol–water partition coefficient (Wildman–Crippen LogP) is 11.9. The molecule has 9 aromatic carbocycles. The van der Waals surface area contributed by atoms with Crippen molar-refractivity contribution in [2.45, 2.75) is 0 Å². The summed E-state index contributed by atoms with van der Waals surface area (Å²) in [7, 11) is 0. The lowest BCUT2D eigenvalue weighted by Gasteiger charge is -2.15. The number of aromatic nitrogens is 2. The lowest BCUT2D eigenvalue weighted by molar-refractivity contribution is 0.649. The van der Waals surface area contributed by atoms with Crippen molar-refractivity contribution < 1.29 is 8.83 Å². The third kappa shape index (κ3) is 2.76. The quantitative estimate of drug-likeness (QED) is 0.128. The van der Waals surface area contributed by atoms with Crippen molar-refractivity contribution in [2.24, 2.45) is 0 Å². The van der Waals surface area contributed by atoms with Crippen LogP contribution < -0.4 is 0 Å². The van der Waals surface area contributed by atoms with Crippen LogP contribution >= 0.6 is 23.2 Å². The molecule has 0 radical (unpaired) electrons. The van der Waals surface area contributed by atoms with Gasteiger partial charge in [-0.25, -0.2) is 9.97 Å². The van der Waals surface area contributed by atoms with Crippen molar-refractivity contribution >= 4 is 132 Å². The number of nitrogens with zero attached hydrogens (tertiary/aromatic N) is 2. The summed E-state index contributed by atoms with van der Waals surface area (Å²) in [6.07, 6.45) is 0. The van der Waals surface area contributed by atoms with Gasteiger partial charge in [0.1, 0.15) is 32.1 Å². The largest absolute Gasteiger partial charge is 0.451 e. The highest BCUT2D eigenvalue weighted by molar-refractivity contribution is 6.46. The maximum absolute atomic E-state index is 7.10. The van der Waals surface area contributed by atoms with E-state index in [1.54, 1.807) is 0 Å². The van der Waals surface area contributed by atoms with Gasteiger partial charge >= 0.3 is 0 Å². The van der Waals surface area contributed by atoms with E-state index < -0.39 is 0 Å². The molecule has 0 atom stereocenters. The summed E-state index contributed by atoms with van der Waals surface area (Å²) in [5.41, 5.74) is 4.33. The van der Waals surface area contributed by atoms with E-state index in [4.69, 9.17) is 42.0 Å². The van der Waals surface area contributed by atoms with Crippen LogP contribution in [0, 0.1) is 0 Å². The molecule has 0 saturated carbocycles. The Morgan fingerprint density at radius 2 is 0.795 bits per heavy atom. The van der Waals surface area contributed by atoms with Gasteiger partial charge in [-0.15, -0.1) is 0 Å². The van der Waals surface area contributed by atoms with Crippen LogP contribution in [-0.2, 0) is 0 Å². The van der Waals surface area contributed by atoms with E-state index in [-0.39, 0.29) is 0 Å². The summed E-state index contributed by atoms with van der Waals surface area (Å²) < 4.78 is 13.1. The van der Waals surface area contributed by atoms with Crippen LogP contribution in [-0.4, -0.2) is 9.97 Å². The zero-order chi connectivity index (χ0) is 28.8. The van der Waals surface area contributed by atoms with Crippen LogP contribution in [0.15, 0.2) is 106 Å². The molecule has 0 aliphatic heterocycles. The Morgan fingerprint density at radius 3 is 1.23 bits per heavy atom. The molecule has 0 N–H and O–H groups in total. The first-order chi connectivity index (χ1) is 21.6. The average molecular weight is 603 g/mol. The second kappa shape index (κ2) is 7.86. The molecule has 11 rings (SSSR count). The molecule has 204 valence electrons. The summed E-state index contributed by atoms with van der Waals surface area (Å²) in [5, 5.41) is 14.3. The van der Waals surface area contributed by atoms with E-state index in [1.165, 1.54) is 32.3 Å². The Bertz CT molecular complexity index is 2840. The van der Waals surface area contributed by atoms with Gasteiger partial charge in [0.25, 0.3) is 0 Å². The molecular weight excluding hydrogens is 587 g/mol. The van der Waals surface area contributed by atoms with Gasteiger partial charge in [-0.05, 0) is 66.0 Å². The monoisotopic (exact) mass is 602 g/mol. The molecule has 0 fully saturated rings. The van der Waals surface area contributed by atoms with Gasteiger partial charge in [-0.3, -0.25) is 0 Å². The molecule has 0 saturated heterocycles. The Morgan fingerprint density at radius 1 is 0.409 bits per heavy atom. The fourth-order valence-corrected chi connectivity index (χ4v) is 7.89. The van der Waals surface area contributed by atoms with Crippen LogP contribution in [0.25, 0.3) is 109 Å². The fourth-order valence-electron chi connectivity index (χ4n) is 7.38. The van der Waals surface area contributed by atoms with Crippen molar-refractivity contribution in [1.82, 2.24) is 9.97 Å². The van der Waals surface area contributed by atoms with E-state index in [0.717, 1.165) is 43.4 Å². The molecule has 6 heteroatoms. The van der Waals surface area contributed by atoms with Gasteiger partial charge in [-0.2, -0.15) is 0 Å². The highest BCUT2D eigenvalue weighted by Gasteiger charge is 2.23. The highest BCUT2D eigenvalue weighted by Crippen LogP contribution is 2.45. The van der Waals surface area contributed by atoms with Crippen LogP contribution in [0.2, 0.25) is 10.0 Å². The second-order valence-electron chi connectivity index (χ2n) is 11.6. The number of hydrogen-bond donors (Lipinski definition) is 0. The summed E-state index contributed by atoms with van der Waals surface area (Å²) in [5.74, 6) is 0. The number of hydrogen-bond acceptors (Lipinski definition) is 4. The molecule has 4 nitrogen and oxygen atoms in total. The van der Waals surface area contributed by atoms with Crippen molar-refractivity contribution in [3.05, 3.63) is 107 Å². The zero-order valence-electron chi connectivity index (χ0n) is 22.7. The molecule has 11 aromatic rings. The lowest BCUT2D eigenvalue weighted by Crippen LogP contribution is -1.93. The number of halogens is 2. The van der Waals surface area contributed by atoms with E-state index >= 15 is 0 Å². The molecule has 2 aromatic heterocycles. The van der Waals surface area contributed by atoms with Gasteiger partial charge in [0.2, 0.25) is 0 Å². The zero-order valence-corrected chi connectivity index (χ0v) is 24.2. The van der Waals surface area contributed by atoms with Crippen molar-refractivity contribution in [1.29, 1.82) is 0 Å². The maximum Gasteiger partial charge on any atom is 0.175 e. The molecular formula is C38H16Cl2N2O2. The molecule has 0 spiro atoms. The standard InChI is InChI=1S/C38H16Cl2N2O2/c39-31-35-37(43-25-15-21-9-7-17-3-1-5-19-11-13-23(33(25)41-35)29(21)27(17)19)32(40)36-38(31)44-26-16-22-10-8-18-4-2-6-20-12-14-24(34(26)42-36)30(22)28(18)20/h1-16H. The normalized spacial score (nSPS) is 12.8. The van der Waals surface area contributed by atoms with Gasteiger partial charge in [0, 0.05) is 10.8 Å². The maximum atomic E-state index is 7.10. The first kappa shape index (κ1) is 23.3. The predicted molar refractivity (Wildman–Crippen MR) is 183 cm³/mol. The summed E-state index contributed by atoms with van der Waals surface area (Å²) >= 11 is 14.2. The van der Waals surface area contributed by atoms with E-state index in [9.17, 15) is 0 Å². The van der Waals surface area contributed by atoms with Gasteiger partial charge in [0.15, 0.2) is 22.3 Å². The van der Waals surface area contributed by atoms with E-state index in [2.05, 4.69) is 84.9 Å². The fraction of sp³-hybridized carbons (Fsp3) is 0. The SMILES string of the molecule is Clc1c2nc3c(cc4ccc5cccc6ccc3c4c56)oc2c(Cl)c2nc3c(cc4ccc5cccc6ccc3c4c56)oc12. The first-order valence-electron chi connectivity index (χ1n) is 14.4. The Balaban J connectivity index is 1.28. The van der Waals surface area contributed by atoms with Crippen LogP contribution in [0.5, 0.6) is 0 Å². The van der Waals surface area contributed by atoms with Gasteiger partial charge in [0.05, 0.1) is 0 Å². The minimum absolute atomic E-state index is 0.315. The minimum atomic E-state index is 0.315. The lowest BCUT2D eigenvalue weighted by atomic mass is 9.93. The summed E-state index contributed by atoms with van der Waals surface area (Å²) in [4.78, 5) is 10.2. The van der Waals surface area contributed by atoms with Crippen molar-refractivity contribution in [2.75, 3.05) is 0 Å². The molecule has 0 bridgehead atoms. The smallest absolute Gasteiger partial charge is 0.175 e. The average Bonchev–Trinajstić information content (AvgIpc) is 3.06. The van der Waals surface area contributed by atoms with Crippen molar-refractivity contribution in [3.8, 4) is 0 Å². The number of fused-ring (bicyclic) bond motifs is 6. The van der Waals surface area contributed by atoms with Gasteiger partial charge in [-0.1, -0.05) is 108 Å². The highest BCUT2D eigenvalue weighted by atomic mass is 35.5. The van der Waals surface area contributed by atoms with Crippen LogP contribution in [0.4, 0.5) is 0 Å². The Labute approximate surface area is 257 Å². The third-order valence-corrected chi connectivity index (χ3v) is 9.99. The van der Waals surface area contributed by atoms with E-state index in [1.807, 2.05) is 12.1 Å². The summed E-state index contributed by atoms with van der Waals surface area (Å²) in [6, 6.07) is 33.8. The Hall–Kier alpha value is -5.16.